The van der Waals surface area contributed by atoms with Crippen LogP contribution >= 0.6 is 11.3 Å². The van der Waals surface area contributed by atoms with Gasteiger partial charge in [0.25, 0.3) is 0 Å². The molecule has 0 fully saturated rings. The van der Waals surface area contributed by atoms with Crippen LogP contribution in [-0.2, 0) is 0 Å². The zero-order valence-corrected chi connectivity index (χ0v) is 28.7. The summed E-state index contributed by atoms with van der Waals surface area (Å²) in [7, 11) is 0. The molecule has 0 unspecified atom stereocenters. The largest absolute Gasteiger partial charge is 0.248 e. The van der Waals surface area contributed by atoms with E-state index in [1.54, 1.807) is 17.4 Å². The fraction of sp³-hybridized carbons (Fsp3) is 0. The van der Waals surface area contributed by atoms with Crippen molar-refractivity contribution in [3.63, 3.8) is 0 Å². The number of aliphatic imine (C=N–C) groups is 1. The Hall–Kier alpha value is -6.49. The first-order valence-electron chi connectivity index (χ1n) is 16.8. The van der Waals surface area contributed by atoms with E-state index in [2.05, 4.69) is 128 Å². The van der Waals surface area contributed by atoms with Crippen LogP contribution in [0.15, 0.2) is 194 Å². The predicted octanol–water partition coefficient (Wildman–Crippen LogP) is 12.6. The molecule has 6 aromatic carbocycles. The van der Waals surface area contributed by atoms with Crippen molar-refractivity contribution in [1.29, 1.82) is 0 Å². The number of hydrogen-bond donors (Lipinski definition) is 0. The van der Waals surface area contributed by atoms with Crippen molar-refractivity contribution in [2.45, 2.75) is 0 Å². The quantitative estimate of drug-likeness (QED) is 0.113. The summed E-state index contributed by atoms with van der Waals surface area (Å²) in [5.74, 6) is 0.708. The molecule has 0 atom stereocenters. The summed E-state index contributed by atoms with van der Waals surface area (Å²) >= 11 is 1.71. The summed E-state index contributed by atoms with van der Waals surface area (Å²) in [6.45, 7) is 8.54. The number of rotatable bonds is 9. The highest BCUT2D eigenvalue weighted by molar-refractivity contribution is 7.25. The molecule has 242 valence electrons. The molecule has 0 radical (unpaired) electrons. The highest BCUT2D eigenvalue weighted by Crippen LogP contribution is 2.39. The Morgan fingerprint density at radius 2 is 1.16 bits per heavy atom. The number of nitrogens with zero attached hydrogens (tertiary/aromatic N) is 3. The van der Waals surface area contributed by atoms with Crippen molar-refractivity contribution >= 4 is 48.6 Å². The molecule has 0 saturated carbocycles. The van der Waals surface area contributed by atoms with E-state index < -0.39 is 0 Å². The average Bonchev–Trinajstić information content (AvgIpc) is 3.59. The summed E-state index contributed by atoms with van der Waals surface area (Å²) in [4.78, 5) is 16.4. The molecule has 2 heterocycles. The van der Waals surface area contributed by atoms with Gasteiger partial charge in [0.1, 0.15) is 4.83 Å². The van der Waals surface area contributed by atoms with E-state index in [9.17, 15) is 0 Å². The van der Waals surface area contributed by atoms with Crippen LogP contribution < -0.4 is 0 Å². The van der Waals surface area contributed by atoms with Crippen molar-refractivity contribution in [2.75, 3.05) is 0 Å². The van der Waals surface area contributed by atoms with Gasteiger partial charge < -0.3 is 0 Å². The third-order valence-corrected chi connectivity index (χ3v) is 9.92. The maximum absolute atomic E-state index is 5.21. The van der Waals surface area contributed by atoms with Gasteiger partial charge in [-0.2, -0.15) is 0 Å². The Morgan fingerprint density at radius 1 is 0.569 bits per heavy atom. The molecule has 0 amide bonds. The molecule has 0 aliphatic heterocycles. The van der Waals surface area contributed by atoms with Crippen LogP contribution in [0.3, 0.4) is 0 Å². The van der Waals surface area contributed by atoms with E-state index in [1.165, 1.54) is 10.1 Å². The van der Waals surface area contributed by atoms with Crippen LogP contribution in [0.1, 0.15) is 16.7 Å². The summed E-state index contributed by atoms with van der Waals surface area (Å²) < 4.78 is 1.21. The molecular formula is C47H33N3S. The predicted molar refractivity (Wildman–Crippen MR) is 218 cm³/mol. The van der Waals surface area contributed by atoms with Gasteiger partial charge in [-0.05, 0) is 52.6 Å². The fourth-order valence-corrected chi connectivity index (χ4v) is 7.37. The van der Waals surface area contributed by atoms with Gasteiger partial charge in [-0.3, -0.25) is 0 Å². The molecule has 8 aromatic rings. The van der Waals surface area contributed by atoms with Gasteiger partial charge in [0.2, 0.25) is 0 Å². The van der Waals surface area contributed by atoms with Crippen molar-refractivity contribution in [2.24, 2.45) is 4.99 Å². The second kappa shape index (κ2) is 14.2. The van der Waals surface area contributed by atoms with Crippen LogP contribution in [0.4, 0.5) is 0 Å². The van der Waals surface area contributed by atoms with Gasteiger partial charge in [0, 0.05) is 37.7 Å². The number of benzene rings is 6. The number of aromatic nitrogens is 2. The third kappa shape index (κ3) is 6.61. The van der Waals surface area contributed by atoms with E-state index in [0.29, 0.717) is 5.82 Å². The lowest BCUT2D eigenvalue weighted by Gasteiger charge is -2.11. The summed E-state index contributed by atoms with van der Waals surface area (Å²) in [5, 5.41) is 2.29. The minimum atomic E-state index is 0.708. The van der Waals surface area contributed by atoms with E-state index in [0.717, 1.165) is 71.8 Å². The van der Waals surface area contributed by atoms with Crippen molar-refractivity contribution in [3.05, 3.63) is 206 Å². The highest BCUT2D eigenvalue weighted by Gasteiger charge is 2.17. The van der Waals surface area contributed by atoms with E-state index in [4.69, 9.17) is 15.0 Å². The minimum Gasteiger partial charge on any atom is -0.248 e. The molecule has 3 nitrogen and oxygen atoms in total. The van der Waals surface area contributed by atoms with Crippen LogP contribution in [0, 0.1) is 0 Å². The summed E-state index contributed by atoms with van der Waals surface area (Å²) in [6.07, 6.45) is 3.85. The SMILES string of the molecule is C=CC(=N/C(=C\C(=C)c1cccc(-c2cccc(-c3nc(-c4ccccc4)c4c(n3)sc3ccccc34)c2)c1)c1ccccc1)c1ccccc1. The lowest BCUT2D eigenvalue weighted by molar-refractivity contribution is 1.24. The topological polar surface area (TPSA) is 38.1 Å². The first-order chi connectivity index (χ1) is 25.1. The molecule has 2 aromatic heterocycles. The maximum atomic E-state index is 5.21. The summed E-state index contributed by atoms with van der Waals surface area (Å²) in [5.41, 5.74) is 10.6. The van der Waals surface area contributed by atoms with Gasteiger partial charge in [-0.15, -0.1) is 11.3 Å². The van der Waals surface area contributed by atoms with Gasteiger partial charge in [0.15, 0.2) is 5.82 Å². The van der Waals surface area contributed by atoms with Gasteiger partial charge >= 0.3 is 0 Å². The molecule has 51 heavy (non-hydrogen) atoms. The van der Waals surface area contributed by atoms with Crippen LogP contribution in [-0.4, -0.2) is 15.7 Å². The van der Waals surface area contributed by atoms with Crippen molar-refractivity contribution in [1.82, 2.24) is 9.97 Å². The van der Waals surface area contributed by atoms with E-state index in [1.807, 2.05) is 54.6 Å². The van der Waals surface area contributed by atoms with Gasteiger partial charge in [0.05, 0.1) is 17.1 Å². The second-order valence-corrected chi connectivity index (χ2v) is 13.2. The van der Waals surface area contributed by atoms with Gasteiger partial charge in [-0.1, -0.05) is 159 Å². The zero-order valence-electron chi connectivity index (χ0n) is 27.9. The number of hydrogen-bond acceptors (Lipinski definition) is 4. The first-order valence-corrected chi connectivity index (χ1v) is 17.6. The molecule has 0 N–H and O–H groups in total. The summed E-state index contributed by atoms with van der Waals surface area (Å²) in [6, 6.07) is 56.1. The molecule has 0 aliphatic carbocycles. The molecule has 0 aliphatic rings. The van der Waals surface area contributed by atoms with Crippen LogP contribution in [0.25, 0.3) is 65.3 Å². The average molecular weight is 672 g/mol. The Labute approximate surface area is 302 Å². The smallest absolute Gasteiger partial charge is 0.161 e. The molecule has 0 saturated heterocycles. The zero-order chi connectivity index (χ0) is 34.6. The number of allylic oxidation sites excluding steroid dienone is 3. The van der Waals surface area contributed by atoms with Crippen LogP contribution in [0.5, 0.6) is 0 Å². The highest BCUT2D eigenvalue weighted by atomic mass is 32.1. The standard InChI is InChI=1S/C47H33N3S/c1-3-41(33-17-7-4-8-18-33)48-42(34-19-9-5-10-20-34)29-32(2)36-23-15-24-37(30-36)38-25-16-26-39(31-38)46-49-45(35-21-11-6-12-22-35)44-40-27-13-14-28-43(40)51-47(44)50-46/h3-31H,1-2H2/b42-29-,48-41?. The lowest BCUT2D eigenvalue weighted by Crippen LogP contribution is -1.97. The Kier molecular flexibility index (Phi) is 8.82. The van der Waals surface area contributed by atoms with Crippen molar-refractivity contribution < 1.29 is 0 Å². The maximum Gasteiger partial charge on any atom is 0.161 e. The fourth-order valence-electron chi connectivity index (χ4n) is 6.30. The molecular weight excluding hydrogens is 639 g/mol. The lowest BCUT2D eigenvalue weighted by atomic mass is 9.97. The van der Waals surface area contributed by atoms with Crippen molar-refractivity contribution in [3.8, 4) is 33.8 Å². The Balaban J connectivity index is 1.17. The van der Waals surface area contributed by atoms with E-state index >= 15 is 0 Å². The third-order valence-electron chi connectivity index (χ3n) is 8.86. The Bertz CT molecular complexity index is 2600. The van der Waals surface area contributed by atoms with Crippen LogP contribution in [0.2, 0.25) is 0 Å². The Morgan fingerprint density at radius 3 is 1.90 bits per heavy atom. The number of thiophene rings is 1. The molecule has 8 rings (SSSR count). The first kappa shape index (κ1) is 31.8. The molecule has 0 spiro atoms. The van der Waals surface area contributed by atoms with Gasteiger partial charge in [-0.25, -0.2) is 15.0 Å². The minimum absolute atomic E-state index is 0.708. The van der Waals surface area contributed by atoms with E-state index in [-0.39, 0.29) is 0 Å². The second-order valence-electron chi connectivity index (χ2n) is 12.2. The molecule has 4 heteroatoms. The normalized spacial score (nSPS) is 11.9. The molecule has 0 bridgehead atoms. The monoisotopic (exact) mass is 671 g/mol. The number of fused-ring (bicyclic) bond motifs is 3.